The summed E-state index contributed by atoms with van der Waals surface area (Å²) in [6.45, 7) is -0.322. The number of pyridine rings is 4. The Balaban J connectivity index is 0.000000164. The number of halogens is 4. The van der Waals surface area contributed by atoms with E-state index in [1.807, 2.05) is 36.4 Å². The van der Waals surface area contributed by atoms with E-state index in [1.165, 1.54) is 4.90 Å². The van der Waals surface area contributed by atoms with Crippen molar-refractivity contribution in [3.8, 4) is 46.7 Å². The van der Waals surface area contributed by atoms with E-state index in [4.69, 9.17) is 9.05 Å². The SMILES string of the molecule is CN1CC(F)(F)C[C@@H]1c1nc(-c2ccc(C#Cc3ccccn3)cn2)no1.FC1(F)CC[C@@H](c2nc(-c3ccc(C#Cc4ccccn4)cn3)no2)C1. The van der Waals surface area contributed by atoms with Gasteiger partial charge in [0.2, 0.25) is 29.4 Å². The van der Waals surface area contributed by atoms with Crippen molar-refractivity contribution in [3.05, 3.63) is 120 Å². The maximum absolute atomic E-state index is 13.5. The highest BCUT2D eigenvalue weighted by Crippen LogP contribution is 2.44. The van der Waals surface area contributed by atoms with Crippen molar-refractivity contribution in [1.82, 2.24) is 45.1 Å². The molecule has 0 amide bonds. The summed E-state index contributed by atoms with van der Waals surface area (Å²) in [5.74, 6) is 7.03. The Morgan fingerprint density at radius 1 is 0.660 bits per heavy atom. The maximum atomic E-state index is 13.5. The first kappa shape index (κ1) is 35.1. The topological polar surface area (TPSA) is 133 Å². The van der Waals surface area contributed by atoms with Crippen LogP contribution in [-0.2, 0) is 0 Å². The van der Waals surface area contributed by atoms with Crippen LogP contribution in [-0.4, -0.2) is 70.6 Å². The minimum absolute atomic E-state index is 0.142. The van der Waals surface area contributed by atoms with Crippen molar-refractivity contribution in [2.45, 2.75) is 49.5 Å². The van der Waals surface area contributed by atoms with Crippen LogP contribution in [0.15, 0.2) is 94.5 Å². The lowest BCUT2D eigenvalue weighted by molar-refractivity contribution is 0.00683. The van der Waals surface area contributed by atoms with Gasteiger partial charge in [-0.3, -0.25) is 14.9 Å². The predicted octanol–water partition coefficient (Wildman–Crippen LogP) is 6.77. The average Bonchev–Trinajstić information content (AvgIpc) is 3.98. The molecule has 2 atom stereocenters. The molecule has 8 rings (SSSR count). The van der Waals surface area contributed by atoms with Crippen LogP contribution >= 0.6 is 0 Å². The molecule has 0 N–H and O–H groups in total. The second kappa shape index (κ2) is 15.1. The largest absolute Gasteiger partial charge is 0.339 e. The third-order valence-electron chi connectivity index (χ3n) is 8.41. The number of rotatable bonds is 4. The first-order valence-corrected chi connectivity index (χ1v) is 16.5. The fraction of sp³-hybridized carbons (Fsp3) is 0.263. The van der Waals surface area contributed by atoms with Crippen molar-refractivity contribution >= 4 is 0 Å². The third-order valence-corrected chi connectivity index (χ3v) is 8.41. The second-order valence-corrected chi connectivity index (χ2v) is 12.5. The van der Waals surface area contributed by atoms with Crippen molar-refractivity contribution in [2.24, 2.45) is 0 Å². The minimum Gasteiger partial charge on any atom is -0.339 e. The van der Waals surface area contributed by atoms with Crippen molar-refractivity contribution < 1.29 is 26.6 Å². The Hall–Kier alpha value is -6.32. The zero-order chi connectivity index (χ0) is 36.8. The monoisotopic (exact) mass is 719 g/mol. The van der Waals surface area contributed by atoms with Gasteiger partial charge in [-0.15, -0.1) is 0 Å². The Kier molecular flexibility index (Phi) is 10.0. The average molecular weight is 720 g/mol. The summed E-state index contributed by atoms with van der Waals surface area (Å²) >= 11 is 0. The van der Waals surface area contributed by atoms with Crippen molar-refractivity contribution in [1.29, 1.82) is 0 Å². The molecule has 266 valence electrons. The summed E-state index contributed by atoms with van der Waals surface area (Å²) in [4.78, 5) is 26.8. The van der Waals surface area contributed by atoms with Gasteiger partial charge in [-0.1, -0.05) is 34.3 Å². The van der Waals surface area contributed by atoms with E-state index < -0.39 is 23.8 Å². The normalized spacial score (nSPS) is 18.6. The standard InChI is InChI=1S/C19H15F2N5O.C19H14F2N4O/c1-26-12-19(20,21)10-16(26)18-24-17(25-27-18)15-8-6-13(11-23-15)5-7-14-4-2-3-9-22-14;20-19(21)9-8-14(11-19)18-24-17(25-26-18)16-7-5-13(12-23-16)4-6-15-3-1-2-10-22-15/h2-4,6,8-9,11,16H,10,12H2,1H3;1-3,5,7,10,12,14H,8-9,11H2/t16-;14-/m11/s1. The molecule has 6 aromatic heterocycles. The summed E-state index contributed by atoms with van der Waals surface area (Å²) in [7, 11) is 1.61. The molecule has 7 heterocycles. The number of alkyl halides is 4. The first-order valence-electron chi connectivity index (χ1n) is 16.5. The summed E-state index contributed by atoms with van der Waals surface area (Å²) in [5.41, 5.74) is 3.77. The van der Waals surface area contributed by atoms with Crippen LogP contribution in [0, 0.1) is 23.7 Å². The molecule has 1 aliphatic carbocycles. The molecule has 53 heavy (non-hydrogen) atoms. The number of hydrogen-bond acceptors (Lipinski definition) is 11. The lowest BCUT2D eigenvalue weighted by Crippen LogP contribution is -2.22. The molecule has 1 saturated heterocycles. The van der Waals surface area contributed by atoms with Gasteiger partial charge in [-0.2, -0.15) is 9.97 Å². The fourth-order valence-electron chi connectivity index (χ4n) is 5.74. The van der Waals surface area contributed by atoms with Crippen LogP contribution in [0.1, 0.15) is 71.9 Å². The number of hydrogen-bond donors (Lipinski definition) is 0. The Morgan fingerprint density at radius 3 is 1.68 bits per heavy atom. The Morgan fingerprint density at radius 2 is 1.23 bits per heavy atom. The molecule has 15 heteroatoms. The smallest absolute Gasteiger partial charge is 0.262 e. The molecular formula is C38H29F4N9O2. The lowest BCUT2D eigenvalue weighted by atomic mass is 10.1. The van der Waals surface area contributed by atoms with Crippen LogP contribution in [0.4, 0.5) is 17.6 Å². The highest BCUT2D eigenvalue weighted by Gasteiger charge is 2.46. The summed E-state index contributed by atoms with van der Waals surface area (Å²) in [5, 5.41) is 7.73. The van der Waals surface area contributed by atoms with Gasteiger partial charge in [-0.25, -0.2) is 27.5 Å². The van der Waals surface area contributed by atoms with Gasteiger partial charge in [0.1, 0.15) is 22.8 Å². The summed E-state index contributed by atoms with van der Waals surface area (Å²) in [6, 6.07) is 17.4. The van der Waals surface area contributed by atoms with Gasteiger partial charge in [0.25, 0.3) is 5.92 Å². The molecule has 0 spiro atoms. The minimum atomic E-state index is -2.75. The van der Waals surface area contributed by atoms with E-state index >= 15 is 0 Å². The van der Waals surface area contributed by atoms with Gasteiger partial charge in [-0.05, 0) is 73.8 Å². The zero-order valence-corrected chi connectivity index (χ0v) is 28.1. The molecule has 2 fully saturated rings. The van der Waals surface area contributed by atoms with E-state index in [0.717, 1.165) is 5.56 Å². The van der Waals surface area contributed by atoms with E-state index in [2.05, 4.69) is 63.9 Å². The van der Waals surface area contributed by atoms with Crippen LogP contribution in [0.25, 0.3) is 23.0 Å². The molecule has 0 bridgehead atoms. The fourth-order valence-corrected chi connectivity index (χ4v) is 5.74. The predicted molar refractivity (Wildman–Crippen MR) is 182 cm³/mol. The van der Waals surface area contributed by atoms with E-state index in [0.29, 0.717) is 40.6 Å². The van der Waals surface area contributed by atoms with E-state index in [1.54, 1.807) is 56.1 Å². The molecule has 1 aliphatic heterocycles. The van der Waals surface area contributed by atoms with E-state index in [9.17, 15) is 17.6 Å². The lowest BCUT2D eigenvalue weighted by Gasteiger charge is -2.13. The van der Waals surface area contributed by atoms with Crippen molar-refractivity contribution in [2.75, 3.05) is 13.6 Å². The van der Waals surface area contributed by atoms with Crippen LogP contribution in [0.3, 0.4) is 0 Å². The third kappa shape index (κ3) is 8.95. The number of likely N-dealkylation sites (tertiary alicyclic amines) is 1. The summed E-state index contributed by atoms with van der Waals surface area (Å²) in [6.07, 6.45) is 6.19. The number of nitrogens with zero attached hydrogens (tertiary/aromatic N) is 9. The van der Waals surface area contributed by atoms with Gasteiger partial charge in [0.15, 0.2) is 0 Å². The maximum Gasteiger partial charge on any atom is 0.262 e. The Bertz CT molecular complexity index is 2280. The molecule has 0 aromatic carbocycles. The highest BCUT2D eigenvalue weighted by atomic mass is 19.3. The van der Waals surface area contributed by atoms with Gasteiger partial charge in [0.05, 0.1) is 12.6 Å². The van der Waals surface area contributed by atoms with Crippen LogP contribution in [0.2, 0.25) is 0 Å². The quantitative estimate of drug-likeness (QED) is 0.141. The molecule has 1 saturated carbocycles. The molecule has 11 nitrogen and oxygen atoms in total. The van der Waals surface area contributed by atoms with Gasteiger partial charge < -0.3 is 9.05 Å². The summed E-state index contributed by atoms with van der Waals surface area (Å²) < 4.78 is 64.1. The van der Waals surface area contributed by atoms with Crippen molar-refractivity contribution in [3.63, 3.8) is 0 Å². The second-order valence-electron chi connectivity index (χ2n) is 12.5. The van der Waals surface area contributed by atoms with Crippen LogP contribution < -0.4 is 0 Å². The van der Waals surface area contributed by atoms with Crippen LogP contribution in [0.5, 0.6) is 0 Å². The molecule has 0 unspecified atom stereocenters. The first-order chi connectivity index (χ1) is 25.6. The zero-order valence-electron chi connectivity index (χ0n) is 28.1. The molecule has 0 radical (unpaired) electrons. The van der Waals surface area contributed by atoms with Gasteiger partial charge in [0, 0.05) is 61.1 Å². The van der Waals surface area contributed by atoms with Gasteiger partial charge >= 0.3 is 0 Å². The molecular weight excluding hydrogens is 690 g/mol. The highest BCUT2D eigenvalue weighted by molar-refractivity contribution is 5.51. The van der Waals surface area contributed by atoms with E-state index in [-0.39, 0.29) is 43.4 Å². The number of aromatic nitrogens is 8. The Labute approximate surface area is 300 Å². The molecule has 2 aliphatic rings. The molecule has 6 aromatic rings.